The first-order valence-electron chi connectivity index (χ1n) is 5.34. The zero-order valence-corrected chi connectivity index (χ0v) is 11.2. The van der Waals surface area contributed by atoms with Gasteiger partial charge in [0.05, 0.1) is 10.7 Å². The van der Waals surface area contributed by atoms with E-state index in [4.69, 9.17) is 26.4 Å². The van der Waals surface area contributed by atoms with Gasteiger partial charge in [-0.1, -0.05) is 17.7 Å². The van der Waals surface area contributed by atoms with Crippen molar-refractivity contribution >= 4 is 36.0 Å². The standard InChI is InChI=1S/C11H15BClNO4/c1-11(2,3)18-10(15)14-9-6-7(12(16)17)4-5-8(9)13/h4-6,16-17H,1-3H3,(H,14,15). The highest BCUT2D eigenvalue weighted by Crippen LogP contribution is 2.20. The molecule has 1 rings (SSSR count). The SMILES string of the molecule is CC(C)(C)OC(=O)Nc1cc(B(O)O)ccc1Cl. The van der Waals surface area contributed by atoms with Crippen molar-refractivity contribution in [1.82, 2.24) is 0 Å². The number of ether oxygens (including phenoxy) is 1. The molecular weight excluding hydrogens is 256 g/mol. The third-order valence-corrected chi connectivity index (χ3v) is 2.25. The van der Waals surface area contributed by atoms with Crippen LogP contribution in [-0.4, -0.2) is 28.9 Å². The summed E-state index contributed by atoms with van der Waals surface area (Å²) in [5, 5.41) is 20.8. The van der Waals surface area contributed by atoms with Crippen LogP contribution in [0.1, 0.15) is 20.8 Å². The van der Waals surface area contributed by atoms with Crippen molar-refractivity contribution in [2.75, 3.05) is 5.32 Å². The number of nitrogens with one attached hydrogen (secondary N) is 1. The number of amides is 1. The summed E-state index contributed by atoms with van der Waals surface area (Å²) in [5.41, 5.74) is -0.132. The van der Waals surface area contributed by atoms with Crippen LogP contribution in [0, 0.1) is 0 Å². The highest BCUT2D eigenvalue weighted by molar-refractivity contribution is 6.59. The molecule has 0 spiro atoms. The molecular formula is C11H15BClNO4. The highest BCUT2D eigenvalue weighted by atomic mass is 35.5. The highest BCUT2D eigenvalue weighted by Gasteiger charge is 2.18. The minimum absolute atomic E-state index is 0.227. The van der Waals surface area contributed by atoms with Crippen molar-refractivity contribution in [2.24, 2.45) is 0 Å². The lowest BCUT2D eigenvalue weighted by Gasteiger charge is -2.20. The fourth-order valence-electron chi connectivity index (χ4n) is 1.21. The molecule has 0 aliphatic carbocycles. The Balaban J connectivity index is 2.84. The van der Waals surface area contributed by atoms with E-state index in [1.807, 2.05) is 0 Å². The Hall–Kier alpha value is -1.24. The maximum atomic E-state index is 11.5. The van der Waals surface area contributed by atoms with Crippen LogP contribution in [0.25, 0.3) is 0 Å². The van der Waals surface area contributed by atoms with Crippen molar-refractivity contribution in [1.29, 1.82) is 0 Å². The molecule has 0 unspecified atom stereocenters. The Bertz CT molecular complexity index is 445. The van der Waals surface area contributed by atoms with Gasteiger partial charge in [0.2, 0.25) is 0 Å². The molecule has 1 amide bonds. The fourth-order valence-corrected chi connectivity index (χ4v) is 1.38. The normalized spacial score (nSPS) is 11.0. The van der Waals surface area contributed by atoms with Gasteiger partial charge in [-0.3, -0.25) is 5.32 Å². The number of carbonyl (C=O) groups excluding carboxylic acids is 1. The molecule has 1 aromatic carbocycles. The van der Waals surface area contributed by atoms with Crippen LogP contribution in [0.15, 0.2) is 18.2 Å². The van der Waals surface area contributed by atoms with Gasteiger partial charge in [0.1, 0.15) is 5.60 Å². The Labute approximate surface area is 111 Å². The Morgan fingerprint density at radius 1 is 1.39 bits per heavy atom. The van der Waals surface area contributed by atoms with Crippen molar-refractivity contribution in [3.63, 3.8) is 0 Å². The summed E-state index contributed by atoms with van der Waals surface area (Å²) in [6.07, 6.45) is -0.658. The van der Waals surface area contributed by atoms with Gasteiger partial charge in [0, 0.05) is 0 Å². The van der Waals surface area contributed by atoms with Crippen LogP contribution in [0.4, 0.5) is 10.5 Å². The molecule has 0 saturated heterocycles. The van der Waals surface area contributed by atoms with Gasteiger partial charge in [0.15, 0.2) is 0 Å². The van der Waals surface area contributed by atoms with E-state index >= 15 is 0 Å². The van der Waals surface area contributed by atoms with Gasteiger partial charge in [-0.2, -0.15) is 0 Å². The first kappa shape index (κ1) is 14.8. The average molecular weight is 272 g/mol. The van der Waals surface area contributed by atoms with Gasteiger partial charge < -0.3 is 14.8 Å². The second-order valence-electron chi connectivity index (χ2n) is 4.74. The molecule has 18 heavy (non-hydrogen) atoms. The van der Waals surface area contributed by atoms with Gasteiger partial charge in [-0.25, -0.2) is 4.79 Å². The number of hydrogen-bond donors (Lipinski definition) is 3. The lowest BCUT2D eigenvalue weighted by atomic mass is 9.80. The minimum atomic E-state index is -1.62. The summed E-state index contributed by atoms with van der Waals surface area (Å²) in [6, 6.07) is 4.28. The van der Waals surface area contributed by atoms with E-state index in [1.165, 1.54) is 18.2 Å². The van der Waals surface area contributed by atoms with E-state index in [2.05, 4.69) is 5.32 Å². The Morgan fingerprint density at radius 2 is 2.00 bits per heavy atom. The molecule has 0 heterocycles. The van der Waals surface area contributed by atoms with Crippen LogP contribution in [0.2, 0.25) is 5.02 Å². The van der Waals surface area contributed by atoms with Crippen LogP contribution >= 0.6 is 11.6 Å². The number of carbonyl (C=O) groups is 1. The summed E-state index contributed by atoms with van der Waals surface area (Å²) in [5.74, 6) is 0. The third kappa shape index (κ3) is 4.56. The molecule has 7 heteroatoms. The number of benzene rings is 1. The fraction of sp³-hybridized carbons (Fsp3) is 0.364. The van der Waals surface area contributed by atoms with Gasteiger partial charge in [-0.15, -0.1) is 0 Å². The summed E-state index contributed by atoms with van der Waals surface area (Å²) in [7, 11) is -1.62. The molecule has 0 aliphatic heterocycles. The zero-order chi connectivity index (χ0) is 13.9. The van der Waals surface area contributed by atoms with Crippen LogP contribution in [0.3, 0.4) is 0 Å². The maximum Gasteiger partial charge on any atom is 0.488 e. The van der Waals surface area contributed by atoms with E-state index in [1.54, 1.807) is 20.8 Å². The lowest BCUT2D eigenvalue weighted by Crippen LogP contribution is -2.31. The van der Waals surface area contributed by atoms with Crippen molar-refractivity contribution in [2.45, 2.75) is 26.4 Å². The number of rotatable bonds is 2. The molecule has 0 saturated carbocycles. The van der Waals surface area contributed by atoms with Crippen molar-refractivity contribution in [3.8, 4) is 0 Å². The summed E-state index contributed by atoms with van der Waals surface area (Å²) in [6.45, 7) is 5.21. The molecule has 0 bridgehead atoms. The first-order valence-corrected chi connectivity index (χ1v) is 5.72. The van der Waals surface area contributed by atoms with Crippen molar-refractivity contribution in [3.05, 3.63) is 23.2 Å². The largest absolute Gasteiger partial charge is 0.488 e. The molecule has 0 aromatic heterocycles. The Morgan fingerprint density at radius 3 is 2.50 bits per heavy atom. The molecule has 98 valence electrons. The maximum absolute atomic E-state index is 11.5. The first-order chi connectivity index (χ1) is 8.19. The number of hydrogen-bond acceptors (Lipinski definition) is 4. The average Bonchev–Trinajstić information content (AvgIpc) is 2.18. The molecule has 1 aromatic rings. The molecule has 0 radical (unpaired) electrons. The van der Waals surface area contributed by atoms with Gasteiger partial charge in [-0.05, 0) is 38.4 Å². The minimum Gasteiger partial charge on any atom is -0.444 e. The molecule has 5 nitrogen and oxygen atoms in total. The summed E-state index contributed by atoms with van der Waals surface area (Å²) < 4.78 is 5.06. The second kappa shape index (κ2) is 5.60. The van der Waals surface area contributed by atoms with Gasteiger partial charge in [0.25, 0.3) is 0 Å². The second-order valence-corrected chi connectivity index (χ2v) is 5.15. The van der Waals surface area contributed by atoms with Crippen LogP contribution in [0.5, 0.6) is 0 Å². The quantitative estimate of drug-likeness (QED) is 0.710. The topological polar surface area (TPSA) is 78.8 Å². The van der Waals surface area contributed by atoms with E-state index in [0.717, 1.165) is 0 Å². The predicted octanol–water partition coefficient (Wildman–Crippen LogP) is 1.37. The molecule has 3 N–H and O–H groups in total. The Kier molecular flexibility index (Phi) is 4.62. The van der Waals surface area contributed by atoms with E-state index < -0.39 is 18.8 Å². The molecule has 0 aliphatic rings. The monoisotopic (exact) mass is 271 g/mol. The lowest BCUT2D eigenvalue weighted by molar-refractivity contribution is 0.0636. The zero-order valence-electron chi connectivity index (χ0n) is 10.4. The summed E-state index contributed by atoms with van der Waals surface area (Å²) >= 11 is 5.88. The third-order valence-electron chi connectivity index (χ3n) is 1.92. The van der Waals surface area contributed by atoms with E-state index in [0.29, 0.717) is 0 Å². The van der Waals surface area contributed by atoms with Gasteiger partial charge >= 0.3 is 13.2 Å². The number of halogens is 1. The van der Waals surface area contributed by atoms with E-state index in [-0.39, 0.29) is 16.2 Å². The van der Waals surface area contributed by atoms with Crippen LogP contribution < -0.4 is 10.8 Å². The smallest absolute Gasteiger partial charge is 0.444 e. The molecule has 0 atom stereocenters. The van der Waals surface area contributed by atoms with Crippen molar-refractivity contribution < 1.29 is 19.6 Å². The van der Waals surface area contributed by atoms with Crippen LogP contribution in [-0.2, 0) is 4.74 Å². The number of anilines is 1. The summed E-state index contributed by atoms with van der Waals surface area (Å²) in [4.78, 5) is 11.5. The van der Waals surface area contributed by atoms with E-state index in [9.17, 15) is 4.79 Å². The predicted molar refractivity (Wildman–Crippen MR) is 71.1 cm³/mol. The molecule has 0 fully saturated rings.